The monoisotopic (exact) mass is 243 g/mol. The Hall–Kier alpha value is -1.90. The van der Waals surface area contributed by atoms with Crippen LogP contribution in [0.4, 0.5) is 0 Å². The Morgan fingerprint density at radius 2 is 1.78 bits per heavy atom. The number of rotatable bonds is 1. The maximum Gasteiger partial charge on any atom is 0.363 e. The van der Waals surface area contributed by atoms with Crippen molar-refractivity contribution in [1.82, 2.24) is 0 Å². The summed E-state index contributed by atoms with van der Waals surface area (Å²) in [6.07, 6.45) is 1.65. The zero-order valence-electron chi connectivity index (χ0n) is 11.2. The summed E-state index contributed by atoms with van der Waals surface area (Å²) < 4.78 is 5.12. The van der Waals surface area contributed by atoms with E-state index in [2.05, 4.69) is 25.8 Å². The van der Waals surface area contributed by atoms with Crippen LogP contribution in [0.3, 0.4) is 0 Å². The van der Waals surface area contributed by atoms with Crippen LogP contribution in [0.25, 0.3) is 0 Å². The van der Waals surface area contributed by atoms with Gasteiger partial charge in [0.25, 0.3) is 0 Å². The summed E-state index contributed by atoms with van der Waals surface area (Å²) in [5, 5.41) is 0. The zero-order valence-corrected chi connectivity index (χ0v) is 11.2. The third kappa shape index (κ3) is 2.35. The summed E-state index contributed by atoms with van der Waals surface area (Å²) in [6.45, 7) is 8.25. The van der Waals surface area contributed by atoms with Crippen LogP contribution >= 0.6 is 0 Å². The van der Waals surface area contributed by atoms with Gasteiger partial charge in [-0.2, -0.15) is 0 Å². The Morgan fingerprint density at radius 3 is 2.22 bits per heavy atom. The lowest BCUT2D eigenvalue weighted by atomic mass is 9.87. The number of allylic oxidation sites excluding steroid dienone is 1. The highest BCUT2D eigenvalue weighted by Gasteiger charge is 2.23. The molecule has 1 aliphatic heterocycles. The molecule has 18 heavy (non-hydrogen) atoms. The Balaban J connectivity index is 2.30. The van der Waals surface area contributed by atoms with Crippen LogP contribution in [0.15, 0.2) is 41.0 Å². The topological polar surface area (TPSA) is 38.7 Å². The molecule has 3 nitrogen and oxygen atoms in total. The van der Waals surface area contributed by atoms with Crippen molar-refractivity contribution in [1.29, 1.82) is 0 Å². The van der Waals surface area contributed by atoms with Crippen molar-refractivity contribution >= 4 is 11.9 Å². The van der Waals surface area contributed by atoms with Gasteiger partial charge in [-0.3, -0.25) is 0 Å². The first-order chi connectivity index (χ1) is 8.41. The van der Waals surface area contributed by atoms with E-state index in [4.69, 9.17) is 4.74 Å². The molecule has 0 atom stereocenters. The summed E-state index contributed by atoms with van der Waals surface area (Å²) >= 11 is 0. The number of benzene rings is 1. The summed E-state index contributed by atoms with van der Waals surface area (Å²) in [6, 6.07) is 7.95. The van der Waals surface area contributed by atoms with Crippen molar-refractivity contribution in [3.63, 3.8) is 0 Å². The van der Waals surface area contributed by atoms with Gasteiger partial charge in [-0.25, -0.2) is 9.79 Å². The highest BCUT2D eigenvalue weighted by atomic mass is 16.6. The molecule has 0 bridgehead atoms. The number of aliphatic imine (C=N–C) groups is 1. The first-order valence-electron chi connectivity index (χ1n) is 6.00. The molecule has 3 heteroatoms. The number of hydrogen-bond donors (Lipinski definition) is 0. The van der Waals surface area contributed by atoms with Gasteiger partial charge < -0.3 is 4.74 Å². The number of carbonyl (C=O) groups excluding carboxylic acids is 1. The number of nitrogens with zero attached hydrogens (tertiary/aromatic N) is 1. The van der Waals surface area contributed by atoms with Crippen LogP contribution in [-0.2, 0) is 14.9 Å². The summed E-state index contributed by atoms with van der Waals surface area (Å²) in [7, 11) is 0. The highest BCUT2D eigenvalue weighted by molar-refractivity contribution is 6.11. The lowest BCUT2D eigenvalue weighted by Crippen LogP contribution is -2.11. The predicted octanol–water partition coefficient (Wildman–Crippen LogP) is 3.19. The van der Waals surface area contributed by atoms with Gasteiger partial charge in [0.1, 0.15) is 5.70 Å². The molecular formula is C15H17NO2. The van der Waals surface area contributed by atoms with Crippen LogP contribution in [-0.4, -0.2) is 11.9 Å². The molecule has 1 aliphatic rings. The van der Waals surface area contributed by atoms with Crippen LogP contribution < -0.4 is 0 Å². The molecule has 0 aromatic heterocycles. The van der Waals surface area contributed by atoms with Gasteiger partial charge in [0, 0.05) is 5.56 Å². The van der Waals surface area contributed by atoms with Crippen molar-refractivity contribution in [3.05, 3.63) is 47.2 Å². The third-order valence-electron chi connectivity index (χ3n) is 2.89. The second-order valence-electron chi connectivity index (χ2n) is 5.31. The maximum absolute atomic E-state index is 11.4. The fourth-order valence-corrected chi connectivity index (χ4v) is 1.74. The minimum Gasteiger partial charge on any atom is -0.402 e. The van der Waals surface area contributed by atoms with Gasteiger partial charge in [0.2, 0.25) is 5.90 Å². The van der Waals surface area contributed by atoms with Gasteiger partial charge in [-0.05, 0) is 30.0 Å². The van der Waals surface area contributed by atoms with E-state index in [0.29, 0.717) is 11.6 Å². The largest absolute Gasteiger partial charge is 0.402 e. The molecular weight excluding hydrogens is 226 g/mol. The molecule has 0 unspecified atom stereocenters. The average Bonchev–Trinajstić information content (AvgIpc) is 2.69. The van der Waals surface area contributed by atoms with E-state index < -0.39 is 0 Å². The average molecular weight is 243 g/mol. The second-order valence-corrected chi connectivity index (χ2v) is 5.31. The quantitative estimate of drug-likeness (QED) is 0.561. The third-order valence-corrected chi connectivity index (χ3v) is 2.89. The lowest BCUT2D eigenvalue weighted by Gasteiger charge is -2.18. The standard InChI is InChI=1S/C15H17NO2/c1-5-12-14(17)18-13(16-12)10-6-8-11(9-7-10)15(2,3)4/h5-9H,1-4H3/b12-5-. The van der Waals surface area contributed by atoms with Crippen molar-refractivity contribution in [3.8, 4) is 0 Å². The van der Waals surface area contributed by atoms with Gasteiger partial charge in [0.15, 0.2) is 0 Å². The second kappa shape index (κ2) is 4.41. The molecule has 2 rings (SSSR count). The van der Waals surface area contributed by atoms with Crippen molar-refractivity contribution in [2.75, 3.05) is 0 Å². The van der Waals surface area contributed by atoms with Crippen LogP contribution in [0.5, 0.6) is 0 Å². The minimum absolute atomic E-state index is 0.112. The molecule has 1 aromatic carbocycles. The van der Waals surface area contributed by atoms with Crippen molar-refractivity contribution < 1.29 is 9.53 Å². The molecule has 0 radical (unpaired) electrons. The lowest BCUT2D eigenvalue weighted by molar-refractivity contribution is -0.130. The first-order valence-corrected chi connectivity index (χ1v) is 6.00. The molecule has 0 fully saturated rings. The summed E-state index contributed by atoms with van der Waals surface area (Å²) in [5.74, 6) is 0.000886. The van der Waals surface area contributed by atoms with Crippen molar-refractivity contribution in [2.24, 2.45) is 4.99 Å². The van der Waals surface area contributed by atoms with E-state index in [1.165, 1.54) is 5.56 Å². The molecule has 0 N–H and O–H groups in total. The maximum atomic E-state index is 11.4. The number of esters is 1. The molecule has 94 valence electrons. The molecule has 0 saturated heterocycles. The number of hydrogen-bond acceptors (Lipinski definition) is 3. The Morgan fingerprint density at radius 1 is 1.17 bits per heavy atom. The highest BCUT2D eigenvalue weighted by Crippen LogP contribution is 2.23. The molecule has 0 spiro atoms. The van der Waals surface area contributed by atoms with E-state index in [1.54, 1.807) is 13.0 Å². The Kier molecular flexibility index (Phi) is 3.07. The fourth-order valence-electron chi connectivity index (χ4n) is 1.74. The molecule has 1 aromatic rings. The van der Waals surface area contributed by atoms with Crippen LogP contribution in [0.1, 0.15) is 38.8 Å². The molecule has 0 aliphatic carbocycles. The SMILES string of the molecule is C/C=C1\N=C(c2ccc(C(C)(C)C)cc2)OC1=O. The van der Waals surface area contributed by atoms with E-state index in [9.17, 15) is 4.79 Å². The van der Waals surface area contributed by atoms with Gasteiger partial charge >= 0.3 is 5.97 Å². The summed E-state index contributed by atoms with van der Waals surface area (Å²) in [5.41, 5.74) is 2.54. The minimum atomic E-state index is -0.382. The molecule has 0 saturated carbocycles. The Bertz CT molecular complexity index is 531. The molecule has 1 heterocycles. The summed E-state index contributed by atoms with van der Waals surface area (Å²) in [4.78, 5) is 15.6. The normalized spacial score (nSPS) is 17.9. The zero-order chi connectivity index (χ0) is 13.3. The van der Waals surface area contributed by atoms with Gasteiger partial charge in [-0.15, -0.1) is 0 Å². The van der Waals surface area contributed by atoms with Gasteiger partial charge in [0.05, 0.1) is 0 Å². The fraction of sp³-hybridized carbons (Fsp3) is 0.333. The number of cyclic esters (lactones) is 1. The Labute approximate surface area is 107 Å². The van der Waals surface area contributed by atoms with E-state index in [1.807, 2.05) is 24.3 Å². The van der Waals surface area contributed by atoms with E-state index >= 15 is 0 Å². The van der Waals surface area contributed by atoms with Gasteiger partial charge in [-0.1, -0.05) is 39.0 Å². The molecule has 0 amide bonds. The van der Waals surface area contributed by atoms with Crippen molar-refractivity contribution in [2.45, 2.75) is 33.1 Å². The predicted molar refractivity (Wildman–Crippen MR) is 71.5 cm³/mol. The number of ether oxygens (including phenoxy) is 1. The van der Waals surface area contributed by atoms with Crippen LogP contribution in [0.2, 0.25) is 0 Å². The number of carbonyl (C=O) groups is 1. The van der Waals surface area contributed by atoms with Crippen LogP contribution in [0, 0.1) is 0 Å². The first kappa shape index (κ1) is 12.6. The van der Waals surface area contributed by atoms with E-state index in [0.717, 1.165) is 5.56 Å². The smallest absolute Gasteiger partial charge is 0.363 e. The van der Waals surface area contributed by atoms with E-state index in [-0.39, 0.29) is 11.4 Å².